The minimum Gasteiger partial charge on any atom is -0.598 e. The number of nitrogens with one attached hydrogen (secondary N) is 10. The second kappa shape index (κ2) is 25.0. The highest BCUT2D eigenvalue weighted by atomic mass is 19.2. The number of methoxy groups -OCH3 is 1. The van der Waals surface area contributed by atoms with E-state index < -0.39 is 6.08 Å². The monoisotopic (exact) mass is 720 g/mol. The van der Waals surface area contributed by atoms with Gasteiger partial charge in [-0.15, -0.1) is 15.1 Å². The maximum absolute atomic E-state index is 13.4. The summed E-state index contributed by atoms with van der Waals surface area (Å²) >= 11 is 0. The van der Waals surface area contributed by atoms with Crippen molar-refractivity contribution in [2.45, 2.75) is 51.4 Å². The normalized spacial score (nSPS) is 13.5. The maximum Gasteiger partial charge on any atom is 0.252 e. The molecule has 0 aromatic heterocycles. The topological polar surface area (TPSA) is 227 Å². The summed E-state index contributed by atoms with van der Waals surface area (Å²) in [6.45, 7) is 5.58. The minimum atomic E-state index is -0.897. The van der Waals surface area contributed by atoms with E-state index >= 15 is 0 Å². The predicted molar refractivity (Wildman–Crippen MR) is 185 cm³/mol. The zero-order chi connectivity index (χ0) is 36.5. The Hall–Kier alpha value is -4.02. The van der Waals surface area contributed by atoms with Crippen LogP contribution in [0.15, 0.2) is 41.5 Å². The van der Waals surface area contributed by atoms with Crippen LogP contribution in [0.25, 0.3) is 11.1 Å². The number of carbonyl (C=O) groups excluding carboxylic acids is 2. The number of hydrogen-bond acceptors (Lipinski definition) is 16. The molecule has 0 aliphatic heterocycles. The predicted octanol–water partition coefficient (Wildman–Crippen LogP) is -0.508. The minimum absolute atomic E-state index is 0.0275. The van der Waals surface area contributed by atoms with Gasteiger partial charge in [0.05, 0.1) is 13.2 Å². The average molecular weight is 721 g/mol. The summed E-state index contributed by atoms with van der Waals surface area (Å²) in [6, 6.07) is 11.5. The van der Waals surface area contributed by atoms with Crippen LogP contribution in [0, 0.1) is 0 Å². The number of rotatable bonds is 28. The maximum atomic E-state index is 13.4. The Morgan fingerprint density at radius 1 is 0.863 bits per heavy atom. The number of ether oxygens (including phenoxy) is 4. The first-order valence-corrected chi connectivity index (χ1v) is 16.9. The van der Waals surface area contributed by atoms with Gasteiger partial charge in [0.15, 0.2) is 6.08 Å². The first-order valence-electron chi connectivity index (χ1n) is 16.9. The van der Waals surface area contributed by atoms with Gasteiger partial charge in [0.25, 0.3) is 5.91 Å². The molecular weight excluding hydrogens is 669 g/mol. The Morgan fingerprint density at radius 2 is 1.61 bits per heavy atom. The quantitative estimate of drug-likeness (QED) is 0.0176. The van der Waals surface area contributed by atoms with E-state index in [0.717, 1.165) is 52.7 Å². The molecule has 3 rings (SSSR count). The number of amides is 2. The molecule has 0 spiro atoms. The molecule has 2 aromatic rings. The van der Waals surface area contributed by atoms with Crippen molar-refractivity contribution in [3.05, 3.63) is 58.7 Å². The lowest BCUT2D eigenvalue weighted by atomic mass is 9.95. The highest BCUT2D eigenvalue weighted by Gasteiger charge is 2.31. The number of hydrogen-bond donors (Lipinski definition) is 10. The number of halogens is 1. The van der Waals surface area contributed by atoms with Crippen molar-refractivity contribution < 1.29 is 38.1 Å². The SMILES string of the molecule is CCCCOCCNC(=O)CCCc1ccc2c(c1)C(COC([O-])=NNNNNNNNNF)c1cccc(C(=O)NCCOCCCOC)c1-2. The van der Waals surface area contributed by atoms with Gasteiger partial charge in [0, 0.05) is 64.5 Å². The average Bonchev–Trinajstić information content (AvgIpc) is 3.45. The fraction of sp³-hybridized carbons (Fsp3) is 0.531. The first kappa shape index (κ1) is 41.4. The van der Waals surface area contributed by atoms with E-state index in [1.54, 1.807) is 19.2 Å². The molecular formula is C32H51FN11O7-. The van der Waals surface area contributed by atoms with Crippen molar-refractivity contribution in [3.8, 4) is 11.1 Å². The third-order valence-corrected chi connectivity index (χ3v) is 7.66. The first-order chi connectivity index (χ1) is 25.0. The van der Waals surface area contributed by atoms with E-state index in [0.29, 0.717) is 70.9 Å². The van der Waals surface area contributed by atoms with E-state index in [1.807, 2.05) is 29.8 Å². The Kier molecular flexibility index (Phi) is 20.3. The molecule has 0 saturated carbocycles. The molecule has 1 atom stereocenters. The van der Waals surface area contributed by atoms with Crippen molar-refractivity contribution in [2.75, 3.05) is 59.8 Å². The molecule has 2 aromatic carbocycles. The summed E-state index contributed by atoms with van der Waals surface area (Å²) < 4.78 is 33.3. The smallest absolute Gasteiger partial charge is 0.252 e. The highest BCUT2D eigenvalue weighted by molar-refractivity contribution is 6.03. The zero-order valence-corrected chi connectivity index (χ0v) is 29.1. The Bertz CT molecular complexity index is 1360. The van der Waals surface area contributed by atoms with Gasteiger partial charge < -0.3 is 34.7 Å². The molecule has 18 nitrogen and oxygen atoms in total. The summed E-state index contributed by atoms with van der Waals surface area (Å²) in [5, 5.41) is 21.9. The van der Waals surface area contributed by atoms with Crippen LogP contribution in [0.2, 0.25) is 0 Å². The molecule has 2 amide bonds. The van der Waals surface area contributed by atoms with Crippen LogP contribution < -0.4 is 60.1 Å². The van der Waals surface area contributed by atoms with Gasteiger partial charge in [0.2, 0.25) is 5.91 Å². The summed E-state index contributed by atoms with van der Waals surface area (Å²) in [5.41, 5.74) is 21.7. The molecule has 0 saturated heterocycles. The van der Waals surface area contributed by atoms with Crippen LogP contribution in [0.3, 0.4) is 0 Å². The number of hydrazine groups is 7. The number of unbranched alkanes of at least 4 members (excludes halogenated alkanes) is 1. The number of benzene rings is 2. The number of carbonyl (C=O) groups is 2. The van der Waals surface area contributed by atoms with Crippen LogP contribution in [0.4, 0.5) is 4.48 Å². The molecule has 10 N–H and O–H groups in total. The Morgan fingerprint density at radius 3 is 2.37 bits per heavy atom. The third kappa shape index (κ3) is 15.0. The van der Waals surface area contributed by atoms with Crippen LogP contribution in [-0.4, -0.2) is 77.7 Å². The van der Waals surface area contributed by atoms with Gasteiger partial charge in [-0.05, 0) is 59.6 Å². The van der Waals surface area contributed by atoms with Gasteiger partial charge in [-0.2, -0.15) is 27.7 Å². The number of hydrazone groups is 1. The summed E-state index contributed by atoms with van der Waals surface area (Å²) in [7, 11) is 1.64. The van der Waals surface area contributed by atoms with Crippen LogP contribution >= 0.6 is 0 Å². The molecule has 284 valence electrons. The molecule has 0 heterocycles. The van der Waals surface area contributed by atoms with Crippen molar-refractivity contribution in [1.29, 1.82) is 0 Å². The number of fused-ring (bicyclic) bond motifs is 3. The molecule has 1 aliphatic carbocycles. The van der Waals surface area contributed by atoms with Gasteiger partial charge in [-0.25, -0.2) is 5.53 Å². The third-order valence-electron chi connectivity index (χ3n) is 7.66. The Balaban J connectivity index is 1.66. The lowest BCUT2D eigenvalue weighted by Crippen LogP contribution is -2.61. The van der Waals surface area contributed by atoms with E-state index in [-0.39, 0.29) is 24.3 Å². The summed E-state index contributed by atoms with van der Waals surface area (Å²) in [5.74, 6) is -0.642. The van der Waals surface area contributed by atoms with Crippen molar-refractivity contribution >= 4 is 17.9 Å². The molecule has 1 unspecified atom stereocenters. The molecule has 19 heteroatoms. The van der Waals surface area contributed by atoms with E-state index in [1.165, 1.54) is 0 Å². The fourth-order valence-corrected chi connectivity index (χ4v) is 5.31. The standard InChI is InChI=1S/C32H52FN11O7/c1-3-4-17-49-19-14-34-29(45)11-5-8-23-12-13-25-27(21-23)28(22-51-32(47)36-38-40-42-44-43-41-39-37-33)24-9-6-10-26(30(24)25)31(46)35-15-20-50-18-7-16-48-2/h6,9-10,12-13,21,28,37-44H,3-5,7-8,11,14-20,22H2,1-2H3,(H,34,45)(H,35,46)(H,36,47)/p-1. The van der Waals surface area contributed by atoms with Crippen molar-refractivity contribution in [3.63, 3.8) is 0 Å². The van der Waals surface area contributed by atoms with Crippen molar-refractivity contribution in [2.24, 2.45) is 5.10 Å². The highest BCUT2D eigenvalue weighted by Crippen LogP contribution is 2.47. The molecule has 0 bridgehead atoms. The van der Waals surface area contributed by atoms with Crippen LogP contribution in [-0.2, 0) is 30.2 Å². The fourth-order valence-electron chi connectivity index (χ4n) is 5.31. The van der Waals surface area contributed by atoms with Crippen molar-refractivity contribution in [1.82, 2.24) is 55.0 Å². The summed E-state index contributed by atoms with van der Waals surface area (Å²) in [4.78, 5) is 25.8. The summed E-state index contributed by atoms with van der Waals surface area (Å²) in [6.07, 6.45) is 3.61. The lowest BCUT2D eigenvalue weighted by Gasteiger charge is -2.21. The van der Waals surface area contributed by atoms with Gasteiger partial charge in [-0.1, -0.05) is 49.3 Å². The van der Waals surface area contributed by atoms with Gasteiger partial charge in [0.1, 0.15) is 0 Å². The second-order valence-corrected chi connectivity index (χ2v) is 11.3. The molecule has 0 radical (unpaired) electrons. The van der Waals surface area contributed by atoms with E-state index in [2.05, 4.69) is 55.9 Å². The van der Waals surface area contributed by atoms with Crippen LogP contribution in [0.5, 0.6) is 0 Å². The second-order valence-electron chi connectivity index (χ2n) is 11.3. The molecule has 1 aliphatic rings. The lowest BCUT2D eigenvalue weighted by molar-refractivity contribution is -0.251. The Labute approximate surface area is 297 Å². The largest absolute Gasteiger partial charge is 0.598 e. The van der Waals surface area contributed by atoms with E-state index in [4.69, 9.17) is 18.9 Å². The van der Waals surface area contributed by atoms with Crippen LogP contribution in [0.1, 0.15) is 72.0 Å². The number of nitrogens with zero attached hydrogens (tertiary/aromatic N) is 1. The number of aryl methyl sites for hydroxylation is 1. The zero-order valence-electron chi connectivity index (χ0n) is 29.1. The molecule has 51 heavy (non-hydrogen) atoms. The van der Waals surface area contributed by atoms with Gasteiger partial charge in [-0.3, -0.25) is 9.59 Å². The van der Waals surface area contributed by atoms with E-state index in [9.17, 15) is 19.2 Å². The van der Waals surface area contributed by atoms with Gasteiger partial charge >= 0.3 is 0 Å². The molecule has 0 fully saturated rings.